The predicted molar refractivity (Wildman–Crippen MR) is 62.0 cm³/mol. The van der Waals surface area contributed by atoms with Gasteiger partial charge in [0.2, 0.25) is 0 Å². The normalized spacial score (nSPS) is 11.9. The van der Waals surface area contributed by atoms with Crippen LogP contribution in [0.1, 0.15) is 13.8 Å². The van der Waals surface area contributed by atoms with E-state index in [2.05, 4.69) is 0 Å². The Hall–Kier alpha value is -0.490. The van der Waals surface area contributed by atoms with Gasteiger partial charge in [-0.2, -0.15) is 8.42 Å². The number of hydrogen-bond donors (Lipinski definition) is 1. The van der Waals surface area contributed by atoms with Gasteiger partial charge in [-0.1, -0.05) is 23.2 Å². The van der Waals surface area contributed by atoms with Crippen molar-refractivity contribution >= 4 is 33.3 Å². The minimum Gasteiger partial charge on any atom is -0.488 e. The molecule has 4 nitrogen and oxygen atoms in total. The standard InChI is InChI=1S/C9H10Cl2O4S/c1-5(2)15-9-7(10)3-6(4-8(9)11)16(12,13)14/h3-5H,1-2H3,(H,12,13,14). The molecule has 0 unspecified atom stereocenters. The molecule has 0 aromatic heterocycles. The molecule has 16 heavy (non-hydrogen) atoms. The van der Waals surface area contributed by atoms with E-state index in [9.17, 15) is 8.42 Å². The van der Waals surface area contributed by atoms with Crippen molar-refractivity contribution in [3.05, 3.63) is 22.2 Å². The number of halogens is 2. The third-order valence-electron chi connectivity index (χ3n) is 1.62. The first-order valence-electron chi connectivity index (χ1n) is 4.35. The molecule has 1 rings (SSSR count). The van der Waals surface area contributed by atoms with Gasteiger partial charge in [-0.15, -0.1) is 0 Å². The van der Waals surface area contributed by atoms with Crippen molar-refractivity contribution in [2.75, 3.05) is 0 Å². The van der Waals surface area contributed by atoms with E-state index >= 15 is 0 Å². The van der Waals surface area contributed by atoms with E-state index in [0.717, 1.165) is 12.1 Å². The molecule has 0 aliphatic rings. The lowest BCUT2D eigenvalue weighted by atomic mass is 10.3. The molecular weight excluding hydrogens is 275 g/mol. The summed E-state index contributed by atoms with van der Waals surface area (Å²) in [5, 5.41) is 0.0719. The van der Waals surface area contributed by atoms with Crippen LogP contribution in [0.25, 0.3) is 0 Å². The third-order valence-corrected chi connectivity index (χ3v) is 3.02. The van der Waals surface area contributed by atoms with Gasteiger partial charge in [0.05, 0.1) is 21.0 Å². The Kier molecular flexibility index (Phi) is 4.07. The molecule has 0 atom stereocenters. The lowest BCUT2D eigenvalue weighted by Gasteiger charge is -2.13. The summed E-state index contributed by atoms with van der Waals surface area (Å²) >= 11 is 11.6. The topological polar surface area (TPSA) is 63.6 Å². The highest BCUT2D eigenvalue weighted by atomic mass is 35.5. The quantitative estimate of drug-likeness (QED) is 0.867. The van der Waals surface area contributed by atoms with Crippen LogP contribution in [0.2, 0.25) is 10.0 Å². The summed E-state index contributed by atoms with van der Waals surface area (Å²) in [5.41, 5.74) is 0. The Morgan fingerprint density at radius 2 is 1.69 bits per heavy atom. The van der Waals surface area contributed by atoms with Gasteiger partial charge in [-0.25, -0.2) is 0 Å². The van der Waals surface area contributed by atoms with Gasteiger partial charge in [0.25, 0.3) is 10.1 Å². The molecule has 7 heteroatoms. The Bertz CT molecular complexity index is 473. The summed E-state index contributed by atoms with van der Waals surface area (Å²) in [4.78, 5) is -0.362. The minimum absolute atomic E-state index is 0.0359. The average molecular weight is 285 g/mol. The van der Waals surface area contributed by atoms with Gasteiger partial charge in [-0.05, 0) is 26.0 Å². The maximum absolute atomic E-state index is 10.9. The van der Waals surface area contributed by atoms with Gasteiger partial charge in [0, 0.05) is 0 Å². The fourth-order valence-corrected chi connectivity index (χ4v) is 2.27. The molecule has 0 aliphatic carbocycles. The molecule has 1 aromatic rings. The monoisotopic (exact) mass is 284 g/mol. The summed E-state index contributed by atoms with van der Waals surface area (Å²) in [6.45, 7) is 3.56. The first-order chi connectivity index (χ1) is 7.21. The molecule has 1 aromatic carbocycles. The Morgan fingerprint density at radius 3 is 2.00 bits per heavy atom. The summed E-state index contributed by atoms with van der Waals surface area (Å²) in [6, 6.07) is 2.17. The van der Waals surface area contributed by atoms with E-state index in [0.29, 0.717) is 0 Å². The molecule has 0 bridgehead atoms. The fraction of sp³-hybridized carbons (Fsp3) is 0.333. The van der Waals surface area contributed by atoms with E-state index < -0.39 is 10.1 Å². The van der Waals surface area contributed by atoms with Gasteiger partial charge in [-0.3, -0.25) is 4.55 Å². The zero-order valence-corrected chi connectivity index (χ0v) is 10.9. The predicted octanol–water partition coefficient (Wildman–Crippen LogP) is 3.03. The number of ether oxygens (including phenoxy) is 1. The highest BCUT2D eigenvalue weighted by molar-refractivity contribution is 7.85. The van der Waals surface area contributed by atoms with Crippen molar-refractivity contribution in [2.24, 2.45) is 0 Å². The summed E-state index contributed by atoms with van der Waals surface area (Å²) in [6.07, 6.45) is -0.147. The van der Waals surface area contributed by atoms with E-state index in [4.69, 9.17) is 32.5 Å². The van der Waals surface area contributed by atoms with Crippen LogP contribution in [-0.4, -0.2) is 19.1 Å². The minimum atomic E-state index is -4.32. The van der Waals surface area contributed by atoms with Crippen molar-refractivity contribution in [1.82, 2.24) is 0 Å². The van der Waals surface area contributed by atoms with Crippen LogP contribution in [0.15, 0.2) is 17.0 Å². The van der Waals surface area contributed by atoms with Crippen molar-refractivity contribution < 1.29 is 17.7 Å². The summed E-state index contributed by atoms with van der Waals surface area (Å²) in [5.74, 6) is 0.200. The molecule has 0 spiro atoms. The highest BCUT2D eigenvalue weighted by Crippen LogP contribution is 2.36. The van der Waals surface area contributed by atoms with Gasteiger partial charge in [0.1, 0.15) is 0 Å². The number of rotatable bonds is 3. The maximum Gasteiger partial charge on any atom is 0.294 e. The van der Waals surface area contributed by atoms with Gasteiger partial charge in [0.15, 0.2) is 5.75 Å². The molecule has 1 N–H and O–H groups in total. The van der Waals surface area contributed by atoms with E-state index in [1.54, 1.807) is 13.8 Å². The molecule has 0 aliphatic heterocycles. The van der Waals surface area contributed by atoms with Crippen LogP contribution in [0.4, 0.5) is 0 Å². The smallest absolute Gasteiger partial charge is 0.294 e. The largest absolute Gasteiger partial charge is 0.488 e. The van der Waals surface area contributed by atoms with Crippen LogP contribution in [0.3, 0.4) is 0 Å². The maximum atomic E-state index is 10.9. The Morgan fingerprint density at radius 1 is 1.25 bits per heavy atom. The first kappa shape index (κ1) is 13.6. The zero-order valence-electron chi connectivity index (χ0n) is 8.57. The van der Waals surface area contributed by atoms with Crippen molar-refractivity contribution in [2.45, 2.75) is 24.8 Å². The fourth-order valence-electron chi connectivity index (χ4n) is 1.03. The Balaban J connectivity index is 3.28. The molecule has 0 fully saturated rings. The average Bonchev–Trinajstić information content (AvgIpc) is 2.09. The van der Waals surface area contributed by atoms with E-state index in [1.165, 1.54) is 0 Å². The zero-order chi connectivity index (χ0) is 12.5. The van der Waals surface area contributed by atoms with Crippen LogP contribution in [0, 0.1) is 0 Å². The molecule has 0 amide bonds. The Labute approximate surface area is 104 Å². The highest BCUT2D eigenvalue weighted by Gasteiger charge is 2.17. The summed E-state index contributed by atoms with van der Waals surface area (Å²) < 4.78 is 35.9. The lowest BCUT2D eigenvalue weighted by molar-refractivity contribution is 0.242. The van der Waals surface area contributed by atoms with Gasteiger partial charge >= 0.3 is 0 Å². The molecule has 0 saturated carbocycles. The second-order valence-electron chi connectivity index (χ2n) is 3.36. The molecule has 90 valence electrons. The van der Waals surface area contributed by atoms with E-state index in [-0.39, 0.29) is 26.8 Å². The van der Waals surface area contributed by atoms with E-state index in [1.807, 2.05) is 0 Å². The van der Waals surface area contributed by atoms with Crippen LogP contribution >= 0.6 is 23.2 Å². The molecule has 0 saturated heterocycles. The van der Waals surface area contributed by atoms with Crippen molar-refractivity contribution in [3.8, 4) is 5.75 Å². The second-order valence-corrected chi connectivity index (χ2v) is 5.59. The van der Waals surface area contributed by atoms with Crippen LogP contribution < -0.4 is 4.74 Å². The number of benzene rings is 1. The first-order valence-corrected chi connectivity index (χ1v) is 6.54. The molecular formula is C9H10Cl2O4S. The second kappa shape index (κ2) is 4.79. The molecule has 0 heterocycles. The lowest BCUT2D eigenvalue weighted by Crippen LogP contribution is -2.07. The SMILES string of the molecule is CC(C)Oc1c(Cl)cc(S(=O)(=O)O)cc1Cl. The molecule has 0 radical (unpaired) electrons. The van der Waals surface area contributed by atoms with Gasteiger partial charge < -0.3 is 4.74 Å². The van der Waals surface area contributed by atoms with Crippen LogP contribution in [-0.2, 0) is 10.1 Å². The van der Waals surface area contributed by atoms with Crippen LogP contribution in [0.5, 0.6) is 5.75 Å². The third kappa shape index (κ3) is 3.25. The summed E-state index contributed by atoms with van der Waals surface area (Å²) in [7, 11) is -4.32. The number of hydrogen-bond acceptors (Lipinski definition) is 3. The van der Waals surface area contributed by atoms with Crippen molar-refractivity contribution in [3.63, 3.8) is 0 Å². The van der Waals surface area contributed by atoms with Crippen molar-refractivity contribution in [1.29, 1.82) is 0 Å².